The van der Waals surface area contributed by atoms with Crippen LogP contribution >= 0.6 is 23.6 Å². The van der Waals surface area contributed by atoms with Gasteiger partial charge >= 0.3 is 0 Å². The summed E-state index contributed by atoms with van der Waals surface area (Å²) < 4.78 is 7.55. The number of rotatable bonds is 2. The Labute approximate surface area is 102 Å². The third kappa shape index (κ3) is 1.60. The molecular weight excluding hydrogens is 238 g/mol. The Hall–Kier alpha value is -1.39. The maximum atomic E-state index is 5.53. The SMILES string of the molecule is S=c1oc2ccccc2n1Cc1cccs1. The van der Waals surface area contributed by atoms with Crippen molar-refractivity contribution in [2.45, 2.75) is 6.54 Å². The van der Waals surface area contributed by atoms with E-state index in [0.29, 0.717) is 4.84 Å². The first kappa shape index (κ1) is 9.81. The third-order valence-corrected chi connectivity index (χ3v) is 3.63. The number of hydrogen-bond donors (Lipinski definition) is 0. The van der Waals surface area contributed by atoms with Gasteiger partial charge in [0.1, 0.15) is 0 Å². The second kappa shape index (κ2) is 3.88. The van der Waals surface area contributed by atoms with E-state index in [0.717, 1.165) is 17.6 Å². The molecule has 0 fully saturated rings. The highest BCUT2D eigenvalue weighted by Crippen LogP contribution is 2.20. The van der Waals surface area contributed by atoms with Gasteiger partial charge in [-0.15, -0.1) is 11.3 Å². The number of oxazole rings is 1. The molecule has 0 radical (unpaired) electrons. The highest BCUT2D eigenvalue weighted by atomic mass is 32.1. The van der Waals surface area contributed by atoms with Gasteiger partial charge in [-0.3, -0.25) is 4.57 Å². The van der Waals surface area contributed by atoms with Crippen molar-refractivity contribution in [3.8, 4) is 0 Å². The molecule has 80 valence electrons. The molecular formula is C12H9NOS2. The standard InChI is InChI=1S/C12H9NOS2/c15-12-13(8-9-4-3-7-16-9)10-5-1-2-6-11(10)14-12/h1-7H,8H2. The maximum absolute atomic E-state index is 5.53. The predicted octanol–water partition coefficient (Wildman–Crippen LogP) is 4.07. The lowest BCUT2D eigenvalue weighted by atomic mass is 10.3. The van der Waals surface area contributed by atoms with Crippen LogP contribution in [0.25, 0.3) is 11.1 Å². The summed E-state index contributed by atoms with van der Waals surface area (Å²) in [5.74, 6) is 0. The normalized spacial score (nSPS) is 11.0. The number of thiophene rings is 1. The zero-order valence-electron chi connectivity index (χ0n) is 8.42. The summed E-state index contributed by atoms with van der Waals surface area (Å²) in [6.07, 6.45) is 0. The Morgan fingerprint density at radius 2 is 2.06 bits per heavy atom. The summed E-state index contributed by atoms with van der Waals surface area (Å²) in [5, 5.41) is 2.07. The van der Waals surface area contributed by atoms with Crippen molar-refractivity contribution >= 4 is 34.7 Å². The molecule has 0 aliphatic carbocycles. The van der Waals surface area contributed by atoms with Crippen molar-refractivity contribution in [3.63, 3.8) is 0 Å². The van der Waals surface area contributed by atoms with Gasteiger partial charge in [0.15, 0.2) is 5.58 Å². The van der Waals surface area contributed by atoms with Crippen LogP contribution in [0.3, 0.4) is 0 Å². The van der Waals surface area contributed by atoms with E-state index in [-0.39, 0.29) is 0 Å². The minimum atomic E-state index is 0.537. The lowest BCUT2D eigenvalue weighted by molar-refractivity contribution is 0.549. The fourth-order valence-electron chi connectivity index (χ4n) is 1.72. The Bertz CT molecular complexity index is 664. The smallest absolute Gasteiger partial charge is 0.269 e. The van der Waals surface area contributed by atoms with E-state index in [9.17, 15) is 0 Å². The average Bonchev–Trinajstić information content (AvgIpc) is 2.89. The van der Waals surface area contributed by atoms with Gasteiger partial charge in [-0.05, 0) is 35.8 Å². The Balaban J connectivity index is 2.16. The minimum Gasteiger partial charge on any atom is -0.429 e. The molecule has 16 heavy (non-hydrogen) atoms. The van der Waals surface area contributed by atoms with Crippen LogP contribution in [0.2, 0.25) is 0 Å². The molecule has 0 spiro atoms. The van der Waals surface area contributed by atoms with Crippen molar-refractivity contribution < 1.29 is 4.42 Å². The number of aromatic nitrogens is 1. The molecule has 3 aromatic rings. The quantitative estimate of drug-likeness (QED) is 0.635. The lowest BCUT2D eigenvalue weighted by Gasteiger charge is -1.99. The summed E-state index contributed by atoms with van der Waals surface area (Å²) in [7, 11) is 0. The number of hydrogen-bond acceptors (Lipinski definition) is 3. The molecule has 1 aromatic carbocycles. The monoisotopic (exact) mass is 247 g/mol. The lowest BCUT2D eigenvalue weighted by Crippen LogP contribution is -1.96. The molecule has 4 heteroatoms. The summed E-state index contributed by atoms with van der Waals surface area (Å²) in [5.41, 5.74) is 1.91. The van der Waals surface area contributed by atoms with Crippen molar-refractivity contribution in [1.29, 1.82) is 0 Å². The van der Waals surface area contributed by atoms with Crippen LogP contribution < -0.4 is 0 Å². The summed E-state index contributed by atoms with van der Waals surface area (Å²) in [6, 6.07) is 12.1. The largest absolute Gasteiger partial charge is 0.429 e. The molecule has 0 aliphatic heterocycles. The van der Waals surface area contributed by atoms with E-state index in [1.54, 1.807) is 11.3 Å². The topological polar surface area (TPSA) is 18.1 Å². The first-order chi connectivity index (χ1) is 7.84. The van der Waals surface area contributed by atoms with Crippen molar-refractivity contribution in [2.24, 2.45) is 0 Å². The number of benzene rings is 1. The van der Waals surface area contributed by atoms with Gasteiger partial charge in [0.25, 0.3) is 4.84 Å². The van der Waals surface area contributed by atoms with Gasteiger partial charge in [-0.2, -0.15) is 0 Å². The molecule has 2 aromatic heterocycles. The van der Waals surface area contributed by atoms with Crippen LogP contribution in [-0.4, -0.2) is 4.57 Å². The third-order valence-electron chi connectivity index (χ3n) is 2.47. The van der Waals surface area contributed by atoms with Crippen LogP contribution in [0.1, 0.15) is 4.88 Å². The van der Waals surface area contributed by atoms with E-state index >= 15 is 0 Å². The van der Waals surface area contributed by atoms with Crippen molar-refractivity contribution in [1.82, 2.24) is 4.57 Å². The van der Waals surface area contributed by atoms with Crippen LogP contribution in [0.4, 0.5) is 0 Å². The van der Waals surface area contributed by atoms with Crippen LogP contribution in [0.5, 0.6) is 0 Å². The van der Waals surface area contributed by atoms with Crippen LogP contribution in [-0.2, 0) is 6.54 Å². The average molecular weight is 247 g/mol. The molecule has 0 saturated carbocycles. The van der Waals surface area contributed by atoms with Gasteiger partial charge in [0, 0.05) is 4.88 Å². The summed E-state index contributed by atoms with van der Waals surface area (Å²) >= 11 is 6.96. The molecule has 0 unspecified atom stereocenters. The first-order valence-electron chi connectivity index (χ1n) is 4.95. The van der Waals surface area contributed by atoms with Gasteiger partial charge < -0.3 is 4.42 Å². The Kier molecular flexibility index (Phi) is 2.38. The number of fused-ring (bicyclic) bond motifs is 1. The van der Waals surface area contributed by atoms with Crippen molar-refractivity contribution in [2.75, 3.05) is 0 Å². The molecule has 0 atom stereocenters. The number of para-hydroxylation sites is 2. The second-order valence-electron chi connectivity index (χ2n) is 3.50. The fraction of sp³-hybridized carbons (Fsp3) is 0.0833. The van der Waals surface area contributed by atoms with E-state index in [4.69, 9.17) is 16.6 Å². The molecule has 0 saturated heterocycles. The summed E-state index contributed by atoms with van der Waals surface area (Å²) in [4.78, 5) is 1.82. The van der Waals surface area contributed by atoms with E-state index in [1.165, 1.54) is 4.88 Å². The van der Waals surface area contributed by atoms with E-state index in [1.807, 2.05) is 34.9 Å². The molecule has 3 rings (SSSR count). The predicted molar refractivity (Wildman–Crippen MR) is 68.5 cm³/mol. The molecule has 0 aliphatic rings. The Morgan fingerprint density at radius 1 is 1.19 bits per heavy atom. The highest BCUT2D eigenvalue weighted by molar-refractivity contribution is 7.71. The van der Waals surface area contributed by atoms with Crippen LogP contribution in [0.15, 0.2) is 46.2 Å². The highest BCUT2D eigenvalue weighted by Gasteiger charge is 2.06. The number of nitrogens with zero attached hydrogens (tertiary/aromatic N) is 1. The van der Waals surface area contributed by atoms with Gasteiger partial charge in [0.05, 0.1) is 12.1 Å². The maximum Gasteiger partial charge on any atom is 0.269 e. The zero-order chi connectivity index (χ0) is 11.0. The minimum absolute atomic E-state index is 0.537. The van der Waals surface area contributed by atoms with Gasteiger partial charge in [0.2, 0.25) is 0 Å². The Morgan fingerprint density at radius 3 is 2.88 bits per heavy atom. The molecule has 2 nitrogen and oxygen atoms in total. The molecule has 0 bridgehead atoms. The van der Waals surface area contributed by atoms with Crippen LogP contribution in [0, 0.1) is 4.84 Å². The van der Waals surface area contributed by atoms with E-state index < -0.39 is 0 Å². The summed E-state index contributed by atoms with van der Waals surface area (Å²) in [6.45, 7) is 0.785. The zero-order valence-corrected chi connectivity index (χ0v) is 10.1. The van der Waals surface area contributed by atoms with E-state index in [2.05, 4.69) is 11.4 Å². The molecule has 0 N–H and O–H groups in total. The van der Waals surface area contributed by atoms with Gasteiger partial charge in [-0.1, -0.05) is 18.2 Å². The first-order valence-corrected chi connectivity index (χ1v) is 6.24. The molecule has 0 amide bonds. The molecule has 2 heterocycles. The fourth-order valence-corrected chi connectivity index (χ4v) is 2.67. The van der Waals surface area contributed by atoms with Crippen molar-refractivity contribution in [3.05, 3.63) is 51.5 Å². The van der Waals surface area contributed by atoms with Gasteiger partial charge in [-0.25, -0.2) is 0 Å². The second-order valence-corrected chi connectivity index (χ2v) is 4.88.